The summed E-state index contributed by atoms with van der Waals surface area (Å²) in [5, 5.41) is 10.9. The van der Waals surface area contributed by atoms with Crippen molar-refractivity contribution in [3.63, 3.8) is 0 Å². The number of benzene rings is 2. The summed E-state index contributed by atoms with van der Waals surface area (Å²) < 4.78 is 12.1. The molecule has 0 spiro atoms. The minimum absolute atomic E-state index is 0.0122. The molecule has 2 aliphatic heterocycles. The topological polar surface area (TPSA) is 62.2 Å². The first kappa shape index (κ1) is 23.3. The maximum atomic E-state index is 12.0. The van der Waals surface area contributed by atoms with Gasteiger partial charge < -0.3 is 19.5 Å². The van der Waals surface area contributed by atoms with Crippen molar-refractivity contribution in [1.82, 2.24) is 9.80 Å². The van der Waals surface area contributed by atoms with E-state index >= 15 is 0 Å². The van der Waals surface area contributed by atoms with E-state index in [1.54, 1.807) is 12.1 Å². The van der Waals surface area contributed by atoms with E-state index in [1.165, 1.54) is 0 Å². The van der Waals surface area contributed by atoms with Gasteiger partial charge in [-0.3, -0.25) is 9.69 Å². The van der Waals surface area contributed by atoms with E-state index in [0.717, 1.165) is 43.8 Å². The first-order chi connectivity index (χ1) is 15.5. The molecule has 0 unspecified atom stereocenters. The molecule has 1 N–H and O–H groups in total. The highest BCUT2D eigenvalue weighted by atomic mass is 35.5. The van der Waals surface area contributed by atoms with Gasteiger partial charge in [-0.05, 0) is 30.5 Å². The second-order valence-corrected chi connectivity index (χ2v) is 9.15. The number of rotatable bonds is 7. The molecule has 8 heteroatoms. The van der Waals surface area contributed by atoms with Gasteiger partial charge in [0.1, 0.15) is 17.9 Å². The number of carboxylic acid groups (broad SMARTS) is 1. The Labute approximate surface area is 198 Å². The van der Waals surface area contributed by atoms with Crippen LogP contribution in [0, 0.1) is 0 Å². The van der Waals surface area contributed by atoms with Crippen molar-refractivity contribution < 1.29 is 19.4 Å². The van der Waals surface area contributed by atoms with E-state index in [9.17, 15) is 9.90 Å². The minimum Gasteiger partial charge on any atom is -0.490 e. The number of ether oxygens (including phenoxy) is 2. The molecule has 0 saturated carbocycles. The van der Waals surface area contributed by atoms with Crippen molar-refractivity contribution in [3.8, 4) is 5.75 Å². The van der Waals surface area contributed by atoms with E-state index in [4.69, 9.17) is 32.7 Å². The number of hydrogen-bond donors (Lipinski definition) is 1. The van der Waals surface area contributed by atoms with Crippen LogP contribution in [0.15, 0.2) is 48.5 Å². The number of hydrogen-bond acceptors (Lipinski definition) is 5. The van der Waals surface area contributed by atoms with Crippen LogP contribution in [0.3, 0.4) is 0 Å². The number of aliphatic carboxylic acids is 1. The summed E-state index contributed by atoms with van der Waals surface area (Å²) >= 11 is 12.1. The lowest BCUT2D eigenvalue weighted by Gasteiger charge is -2.40. The zero-order valence-electron chi connectivity index (χ0n) is 17.8. The smallest absolute Gasteiger partial charge is 0.325 e. The Hall–Kier alpha value is -1.83. The molecule has 4 rings (SSSR count). The van der Waals surface area contributed by atoms with Crippen molar-refractivity contribution in [1.29, 1.82) is 0 Å². The first-order valence-corrected chi connectivity index (χ1v) is 11.7. The fourth-order valence-corrected chi connectivity index (χ4v) is 4.76. The van der Waals surface area contributed by atoms with Crippen LogP contribution >= 0.6 is 23.2 Å². The van der Waals surface area contributed by atoms with Crippen LogP contribution in [-0.4, -0.2) is 72.4 Å². The maximum Gasteiger partial charge on any atom is 0.325 e. The van der Waals surface area contributed by atoms with Crippen molar-refractivity contribution >= 4 is 29.2 Å². The van der Waals surface area contributed by atoms with Crippen molar-refractivity contribution in [3.05, 3.63) is 64.1 Å². The highest BCUT2D eigenvalue weighted by Gasteiger charge is 2.33. The number of likely N-dealkylation sites (tertiary alicyclic amines) is 1. The average molecular weight is 479 g/mol. The third-order valence-corrected chi connectivity index (χ3v) is 6.81. The Morgan fingerprint density at radius 3 is 2.53 bits per heavy atom. The van der Waals surface area contributed by atoms with E-state index < -0.39 is 12.0 Å². The lowest BCUT2D eigenvalue weighted by molar-refractivity contribution is -0.147. The van der Waals surface area contributed by atoms with Crippen LogP contribution < -0.4 is 4.74 Å². The summed E-state index contributed by atoms with van der Waals surface area (Å²) in [6, 6.07) is 14.1. The third-order valence-electron chi connectivity index (χ3n) is 6.07. The normalized spacial score (nSPS) is 21.9. The summed E-state index contributed by atoms with van der Waals surface area (Å²) in [5.74, 6) is -0.0816. The van der Waals surface area contributed by atoms with Gasteiger partial charge in [-0.15, -0.1) is 0 Å². The molecule has 2 atom stereocenters. The largest absolute Gasteiger partial charge is 0.490 e. The number of morpholine rings is 1. The Morgan fingerprint density at radius 1 is 1.09 bits per heavy atom. The van der Waals surface area contributed by atoms with Crippen LogP contribution in [0.2, 0.25) is 10.0 Å². The Balaban J connectivity index is 1.28. The fourth-order valence-electron chi connectivity index (χ4n) is 4.47. The van der Waals surface area contributed by atoms with Crippen molar-refractivity contribution in [2.24, 2.45) is 0 Å². The van der Waals surface area contributed by atoms with Gasteiger partial charge in [0.25, 0.3) is 0 Å². The van der Waals surface area contributed by atoms with E-state index in [1.807, 2.05) is 41.3 Å². The molecule has 2 fully saturated rings. The SMILES string of the molecule is O=C(O)[C@@H](c1ccccc1)N1CCO[C@H](CN2CCC(Oc3ccc(Cl)c(Cl)c3)CC2)C1. The molecule has 32 heavy (non-hydrogen) atoms. The minimum atomic E-state index is -0.822. The maximum absolute atomic E-state index is 12.0. The van der Waals surface area contributed by atoms with Gasteiger partial charge in [-0.25, -0.2) is 0 Å². The zero-order chi connectivity index (χ0) is 22.5. The van der Waals surface area contributed by atoms with Gasteiger partial charge in [-0.1, -0.05) is 53.5 Å². The quantitative estimate of drug-likeness (QED) is 0.637. The zero-order valence-corrected chi connectivity index (χ0v) is 19.3. The summed E-state index contributed by atoms with van der Waals surface area (Å²) in [7, 11) is 0. The number of carboxylic acids is 1. The molecule has 172 valence electrons. The monoisotopic (exact) mass is 478 g/mol. The summed E-state index contributed by atoms with van der Waals surface area (Å²) in [6.45, 7) is 4.36. The van der Waals surface area contributed by atoms with E-state index in [0.29, 0.717) is 29.7 Å². The number of carbonyl (C=O) groups is 1. The molecule has 2 aliphatic rings. The molecule has 2 aromatic rings. The fraction of sp³-hybridized carbons (Fsp3) is 0.458. The summed E-state index contributed by atoms with van der Waals surface area (Å²) in [5.41, 5.74) is 0.806. The predicted octanol–water partition coefficient (Wildman–Crippen LogP) is 4.36. The molecule has 0 radical (unpaired) electrons. The summed E-state index contributed by atoms with van der Waals surface area (Å²) in [4.78, 5) is 16.4. The number of piperidine rings is 1. The van der Waals surface area contributed by atoms with Crippen LogP contribution in [-0.2, 0) is 9.53 Å². The Bertz CT molecular complexity index is 906. The third kappa shape index (κ3) is 5.94. The second kappa shape index (κ2) is 10.9. The van der Waals surface area contributed by atoms with Gasteiger partial charge in [0.2, 0.25) is 0 Å². The molecule has 0 aromatic heterocycles. The second-order valence-electron chi connectivity index (χ2n) is 8.33. The highest BCUT2D eigenvalue weighted by molar-refractivity contribution is 6.42. The van der Waals surface area contributed by atoms with Gasteiger partial charge in [0.05, 0.1) is 22.8 Å². The molecule has 0 bridgehead atoms. The van der Waals surface area contributed by atoms with Crippen LogP contribution in [0.4, 0.5) is 0 Å². The molecule has 6 nitrogen and oxygen atoms in total. The highest BCUT2D eigenvalue weighted by Crippen LogP contribution is 2.28. The molecular formula is C24H28Cl2N2O4. The Kier molecular flexibility index (Phi) is 7.92. The van der Waals surface area contributed by atoms with E-state index in [-0.39, 0.29) is 12.2 Å². The lowest BCUT2D eigenvalue weighted by atomic mass is 10.0. The Morgan fingerprint density at radius 2 is 1.84 bits per heavy atom. The molecule has 0 aliphatic carbocycles. The molecule has 0 amide bonds. The number of nitrogens with zero attached hydrogens (tertiary/aromatic N) is 2. The average Bonchev–Trinajstić information content (AvgIpc) is 2.79. The van der Waals surface area contributed by atoms with Gasteiger partial charge in [0, 0.05) is 38.8 Å². The lowest BCUT2D eigenvalue weighted by Crippen LogP contribution is -2.51. The molecule has 2 aromatic carbocycles. The van der Waals surface area contributed by atoms with Crippen LogP contribution in [0.25, 0.3) is 0 Å². The van der Waals surface area contributed by atoms with Gasteiger partial charge in [0.15, 0.2) is 0 Å². The van der Waals surface area contributed by atoms with E-state index in [2.05, 4.69) is 4.90 Å². The summed E-state index contributed by atoms with van der Waals surface area (Å²) in [6.07, 6.45) is 1.96. The first-order valence-electron chi connectivity index (χ1n) is 11.0. The van der Waals surface area contributed by atoms with Crippen LogP contribution in [0.5, 0.6) is 5.75 Å². The van der Waals surface area contributed by atoms with Crippen molar-refractivity contribution in [2.75, 3.05) is 39.3 Å². The standard InChI is InChI=1S/C24H28Cl2N2O4/c25-21-7-6-19(14-22(21)26)32-18-8-10-27(11-9-18)15-20-16-28(12-13-31-20)23(24(29)30)17-4-2-1-3-5-17/h1-7,14,18,20,23H,8-13,15-16H2,(H,29,30)/t20-,23-/m1/s1. The van der Waals surface area contributed by atoms with Crippen molar-refractivity contribution in [2.45, 2.75) is 31.1 Å². The number of halogens is 2. The van der Waals surface area contributed by atoms with Gasteiger partial charge in [-0.2, -0.15) is 0 Å². The molecule has 2 heterocycles. The van der Waals surface area contributed by atoms with Crippen LogP contribution in [0.1, 0.15) is 24.4 Å². The molecular weight excluding hydrogens is 451 g/mol. The predicted molar refractivity (Wildman–Crippen MR) is 125 cm³/mol. The molecule has 2 saturated heterocycles. The van der Waals surface area contributed by atoms with Gasteiger partial charge >= 0.3 is 5.97 Å².